The van der Waals surface area contributed by atoms with Crippen LogP contribution in [0.4, 0.5) is 0 Å². The lowest BCUT2D eigenvalue weighted by atomic mass is 10.1. The minimum Gasteiger partial charge on any atom is -0.492 e. The summed E-state index contributed by atoms with van der Waals surface area (Å²) >= 11 is 0. The molecule has 0 saturated carbocycles. The predicted molar refractivity (Wildman–Crippen MR) is 90.9 cm³/mol. The number of benzene rings is 2. The number of rotatable bonds is 6. The Morgan fingerprint density at radius 2 is 1.75 bits per heavy atom. The third-order valence-corrected chi connectivity index (χ3v) is 3.54. The molecule has 0 spiro atoms. The molecule has 122 valence electrons. The van der Waals surface area contributed by atoms with Gasteiger partial charge in [-0.1, -0.05) is 53.7 Å². The first kappa shape index (κ1) is 15.8. The average molecular weight is 322 g/mol. The SMILES string of the molecule is Cc1onc(-c2ccccc2)c1C(=O)NCCOc1ccccc1. The van der Waals surface area contributed by atoms with Crippen molar-refractivity contribution in [3.8, 4) is 17.0 Å². The smallest absolute Gasteiger partial charge is 0.257 e. The summed E-state index contributed by atoms with van der Waals surface area (Å²) < 4.78 is 10.8. The van der Waals surface area contributed by atoms with Crippen molar-refractivity contribution in [3.05, 3.63) is 72.0 Å². The fraction of sp³-hybridized carbons (Fsp3) is 0.158. The van der Waals surface area contributed by atoms with Crippen LogP contribution in [-0.2, 0) is 0 Å². The third kappa shape index (κ3) is 3.63. The second kappa shape index (κ2) is 7.46. The number of hydrogen-bond acceptors (Lipinski definition) is 4. The van der Waals surface area contributed by atoms with Gasteiger partial charge in [-0.25, -0.2) is 0 Å². The summed E-state index contributed by atoms with van der Waals surface area (Å²) in [6.07, 6.45) is 0. The van der Waals surface area contributed by atoms with Crippen LogP contribution >= 0.6 is 0 Å². The molecular formula is C19H18N2O3. The van der Waals surface area contributed by atoms with Gasteiger partial charge in [0, 0.05) is 5.56 Å². The molecular weight excluding hydrogens is 304 g/mol. The molecule has 1 aromatic heterocycles. The summed E-state index contributed by atoms with van der Waals surface area (Å²) in [7, 11) is 0. The largest absolute Gasteiger partial charge is 0.492 e. The molecule has 0 bridgehead atoms. The van der Waals surface area contributed by atoms with Crippen molar-refractivity contribution in [2.24, 2.45) is 0 Å². The lowest BCUT2D eigenvalue weighted by Gasteiger charge is -2.08. The third-order valence-electron chi connectivity index (χ3n) is 3.54. The van der Waals surface area contributed by atoms with Crippen LogP contribution in [0.2, 0.25) is 0 Å². The van der Waals surface area contributed by atoms with Gasteiger partial charge in [0.25, 0.3) is 5.91 Å². The number of para-hydroxylation sites is 1. The summed E-state index contributed by atoms with van der Waals surface area (Å²) in [4.78, 5) is 12.5. The summed E-state index contributed by atoms with van der Waals surface area (Å²) in [5, 5.41) is 6.86. The summed E-state index contributed by atoms with van der Waals surface area (Å²) in [6.45, 7) is 2.52. The molecule has 0 saturated heterocycles. The van der Waals surface area contributed by atoms with E-state index in [1.54, 1.807) is 6.92 Å². The second-order valence-electron chi connectivity index (χ2n) is 5.25. The standard InChI is InChI=1S/C19H18N2O3/c1-14-17(18(21-24-14)15-8-4-2-5-9-15)19(22)20-12-13-23-16-10-6-3-7-11-16/h2-11H,12-13H2,1H3,(H,20,22). The fourth-order valence-electron chi connectivity index (χ4n) is 2.37. The van der Waals surface area contributed by atoms with Gasteiger partial charge in [0.1, 0.15) is 29.4 Å². The highest BCUT2D eigenvalue weighted by atomic mass is 16.5. The maximum absolute atomic E-state index is 12.5. The molecule has 1 amide bonds. The van der Waals surface area contributed by atoms with Gasteiger partial charge in [-0.15, -0.1) is 0 Å². The average Bonchev–Trinajstić information content (AvgIpc) is 3.02. The van der Waals surface area contributed by atoms with Crippen molar-refractivity contribution in [1.82, 2.24) is 10.5 Å². The molecule has 3 rings (SSSR count). The van der Waals surface area contributed by atoms with Crippen molar-refractivity contribution >= 4 is 5.91 Å². The molecule has 0 aliphatic rings. The lowest BCUT2D eigenvalue weighted by Crippen LogP contribution is -2.28. The molecule has 0 radical (unpaired) electrons. The quantitative estimate of drug-likeness (QED) is 0.706. The molecule has 0 fully saturated rings. The fourth-order valence-corrected chi connectivity index (χ4v) is 2.37. The number of amides is 1. The Morgan fingerprint density at radius 3 is 2.46 bits per heavy atom. The van der Waals surface area contributed by atoms with E-state index in [9.17, 15) is 4.79 Å². The van der Waals surface area contributed by atoms with Crippen LogP contribution in [0, 0.1) is 6.92 Å². The number of nitrogens with zero attached hydrogens (tertiary/aromatic N) is 1. The number of aryl methyl sites for hydroxylation is 1. The van der Waals surface area contributed by atoms with E-state index in [0.717, 1.165) is 11.3 Å². The van der Waals surface area contributed by atoms with E-state index in [0.29, 0.717) is 30.2 Å². The number of ether oxygens (including phenoxy) is 1. The molecule has 3 aromatic rings. The van der Waals surface area contributed by atoms with Crippen LogP contribution in [0.3, 0.4) is 0 Å². The van der Waals surface area contributed by atoms with Gasteiger partial charge >= 0.3 is 0 Å². The second-order valence-corrected chi connectivity index (χ2v) is 5.25. The van der Waals surface area contributed by atoms with Crippen molar-refractivity contribution in [2.45, 2.75) is 6.92 Å². The number of carbonyl (C=O) groups excluding carboxylic acids is 1. The normalized spacial score (nSPS) is 10.4. The Morgan fingerprint density at radius 1 is 1.08 bits per heavy atom. The number of aromatic nitrogens is 1. The maximum Gasteiger partial charge on any atom is 0.257 e. The van der Waals surface area contributed by atoms with Gasteiger partial charge in [0.15, 0.2) is 0 Å². The predicted octanol–water partition coefficient (Wildman–Crippen LogP) is 3.46. The Hall–Kier alpha value is -3.08. The zero-order valence-corrected chi connectivity index (χ0v) is 13.4. The van der Waals surface area contributed by atoms with Gasteiger partial charge in [0.05, 0.1) is 6.54 Å². The molecule has 1 heterocycles. The monoisotopic (exact) mass is 322 g/mol. The number of carbonyl (C=O) groups is 1. The van der Waals surface area contributed by atoms with Crippen molar-refractivity contribution in [2.75, 3.05) is 13.2 Å². The Balaban J connectivity index is 1.62. The summed E-state index contributed by atoms with van der Waals surface area (Å²) in [6, 6.07) is 19.0. The molecule has 24 heavy (non-hydrogen) atoms. The van der Waals surface area contributed by atoms with Crippen LogP contribution in [0.1, 0.15) is 16.1 Å². The lowest BCUT2D eigenvalue weighted by molar-refractivity contribution is 0.0946. The molecule has 0 aliphatic heterocycles. The van der Waals surface area contributed by atoms with Crippen LogP contribution in [-0.4, -0.2) is 24.2 Å². The molecule has 2 aromatic carbocycles. The van der Waals surface area contributed by atoms with E-state index in [1.807, 2.05) is 60.7 Å². The van der Waals surface area contributed by atoms with Crippen molar-refractivity contribution < 1.29 is 14.1 Å². The molecule has 5 nitrogen and oxygen atoms in total. The van der Waals surface area contributed by atoms with E-state index in [4.69, 9.17) is 9.26 Å². The van der Waals surface area contributed by atoms with Gasteiger partial charge in [0.2, 0.25) is 0 Å². The molecule has 5 heteroatoms. The van der Waals surface area contributed by atoms with Crippen molar-refractivity contribution in [3.63, 3.8) is 0 Å². The number of nitrogens with one attached hydrogen (secondary N) is 1. The minimum absolute atomic E-state index is 0.218. The first-order valence-corrected chi connectivity index (χ1v) is 7.73. The molecule has 0 aliphatic carbocycles. The summed E-state index contributed by atoms with van der Waals surface area (Å²) in [5.41, 5.74) is 1.86. The van der Waals surface area contributed by atoms with Crippen molar-refractivity contribution in [1.29, 1.82) is 0 Å². The van der Waals surface area contributed by atoms with Gasteiger partial charge < -0.3 is 14.6 Å². The Bertz CT molecular complexity index is 798. The Labute approximate surface area is 140 Å². The molecule has 0 unspecified atom stereocenters. The van der Waals surface area contributed by atoms with Crippen LogP contribution in [0.25, 0.3) is 11.3 Å². The van der Waals surface area contributed by atoms with E-state index in [-0.39, 0.29) is 5.91 Å². The van der Waals surface area contributed by atoms with Gasteiger partial charge in [-0.3, -0.25) is 4.79 Å². The van der Waals surface area contributed by atoms with Crippen LogP contribution in [0.5, 0.6) is 5.75 Å². The minimum atomic E-state index is -0.218. The van der Waals surface area contributed by atoms with E-state index in [1.165, 1.54) is 0 Å². The van der Waals surface area contributed by atoms with Gasteiger partial charge in [-0.2, -0.15) is 0 Å². The van der Waals surface area contributed by atoms with E-state index >= 15 is 0 Å². The summed E-state index contributed by atoms with van der Waals surface area (Å²) in [5.74, 6) is 1.05. The van der Waals surface area contributed by atoms with E-state index < -0.39 is 0 Å². The van der Waals surface area contributed by atoms with Gasteiger partial charge in [-0.05, 0) is 19.1 Å². The first-order valence-electron chi connectivity index (χ1n) is 7.73. The van der Waals surface area contributed by atoms with E-state index in [2.05, 4.69) is 10.5 Å². The Kier molecular flexibility index (Phi) is 4.91. The first-order chi connectivity index (χ1) is 11.8. The zero-order chi connectivity index (χ0) is 16.8. The zero-order valence-electron chi connectivity index (χ0n) is 13.4. The van der Waals surface area contributed by atoms with Crippen LogP contribution in [0.15, 0.2) is 65.2 Å². The van der Waals surface area contributed by atoms with Crippen LogP contribution < -0.4 is 10.1 Å². The highest BCUT2D eigenvalue weighted by Crippen LogP contribution is 2.24. The molecule has 1 N–H and O–H groups in total. The molecule has 0 atom stereocenters. The highest BCUT2D eigenvalue weighted by Gasteiger charge is 2.21. The maximum atomic E-state index is 12.5. The topological polar surface area (TPSA) is 64.4 Å². The number of hydrogen-bond donors (Lipinski definition) is 1. The highest BCUT2D eigenvalue weighted by molar-refractivity contribution is 6.00.